The highest BCUT2D eigenvalue weighted by atomic mass is 32.2. The predicted octanol–water partition coefficient (Wildman–Crippen LogP) is 2.59. The summed E-state index contributed by atoms with van der Waals surface area (Å²) < 4.78 is 0. The van der Waals surface area contributed by atoms with Gasteiger partial charge in [-0.3, -0.25) is 16.3 Å². The van der Waals surface area contributed by atoms with E-state index < -0.39 is 0 Å². The van der Waals surface area contributed by atoms with Gasteiger partial charge >= 0.3 is 0 Å². The van der Waals surface area contributed by atoms with Gasteiger partial charge in [-0.05, 0) is 11.6 Å². The largest absolute Gasteiger partial charge is 0.271 e. The van der Waals surface area contributed by atoms with E-state index in [1.165, 1.54) is 22.5 Å². The molecule has 100 valence electrons. The number of nitrogens with zero attached hydrogens (tertiary/aromatic N) is 1. The van der Waals surface area contributed by atoms with Crippen LogP contribution in [-0.4, -0.2) is 27.5 Å². The van der Waals surface area contributed by atoms with Crippen LogP contribution in [-0.2, 0) is 0 Å². The number of nitrogens with two attached hydrogens (primary N) is 1. The molecule has 2 aromatic rings. The van der Waals surface area contributed by atoms with E-state index in [-0.39, 0.29) is 6.04 Å². The SMILES string of the molecule is NNC(c1cccc2cccnc12)C1CSCCS1. The zero-order chi connectivity index (χ0) is 13.1. The maximum absolute atomic E-state index is 5.83. The molecule has 2 atom stereocenters. The van der Waals surface area contributed by atoms with Gasteiger partial charge in [0.1, 0.15) is 0 Å². The van der Waals surface area contributed by atoms with Crippen molar-refractivity contribution in [2.45, 2.75) is 11.3 Å². The summed E-state index contributed by atoms with van der Waals surface area (Å²) in [7, 11) is 0. The molecule has 5 heteroatoms. The maximum Gasteiger partial charge on any atom is 0.0750 e. The summed E-state index contributed by atoms with van der Waals surface area (Å²) in [6.45, 7) is 0. The van der Waals surface area contributed by atoms with Crippen LogP contribution in [0.5, 0.6) is 0 Å². The fourth-order valence-corrected chi connectivity index (χ4v) is 5.32. The Morgan fingerprint density at radius 1 is 1.26 bits per heavy atom. The van der Waals surface area contributed by atoms with E-state index in [9.17, 15) is 0 Å². The van der Waals surface area contributed by atoms with Gasteiger partial charge in [-0.15, -0.1) is 0 Å². The number of nitrogens with one attached hydrogen (secondary N) is 1. The summed E-state index contributed by atoms with van der Waals surface area (Å²) in [5.74, 6) is 9.41. The van der Waals surface area contributed by atoms with Crippen molar-refractivity contribution < 1.29 is 0 Å². The van der Waals surface area contributed by atoms with Crippen LogP contribution in [0.25, 0.3) is 10.9 Å². The third-order valence-electron chi connectivity index (χ3n) is 3.39. The molecule has 2 heterocycles. The number of rotatable bonds is 3. The normalized spacial score (nSPS) is 21.4. The predicted molar refractivity (Wildman–Crippen MR) is 85.4 cm³/mol. The molecule has 19 heavy (non-hydrogen) atoms. The molecule has 0 radical (unpaired) electrons. The summed E-state index contributed by atoms with van der Waals surface area (Å²) in [4.78, 5) is 4.53. The fourth-order valence-electron chi connectivity index (χ4n) is 2.47. The molecule has 1 fully saturated rings. The number of para-hydroxylation sites is 1. The zero-order valence-electron chi connectivity index (χ0n) is 10.6. The fraction of sp³-hybridized carbons (Fsp3) is 0.357. The van der Waals surface area contributed by atoms with Gasteiger partial charge in [0, 0.05) is 34.1 Å². The van der Waals surface area contributed by atoms with E-state index in [2.05, 4.69) is 34.7 Å². The number of thioether (sulfide) groups is 2. The first-order valence-electron chi connectivity index (χ1n) is 6.39. The van der Waals surface area contributed by atoms with Gasteiger partial charge in [-0.1, -0.05) is 24.3 Å². The lowest BCUT2D eigenvalue weighted by atomic mass is 10.0. The van der Waals surface area contributed by atoms with Gasteiger partial charge in [0.25, 0.3) is 0 Å². The van der Waals surface area contributed by atoms with Crippen molar-refractivity contribution in [3.05, 3.63) is 42.1 Å². The Labute approximate surface area is 121 Å². The van der Waals surface area contributed by atoms with Crippen LogP contribution < -0.4 is 11.3 Å². The standard InChI is InChI=1S/C14H17N3S2/c15-17-14(12-9-18-7-8-19-12)11-5-1-3-10-4-2-6-16-13(10)11/h1-6,12,14,17H,7-9,15H2. The Kier molecular flexibility index (Phi) is 4.28. The molecular formula is C14H17N3S2. The second-order valence-corrected chi connectivity index (χ2v) is 7.05. The Bertz CT molecular complexity index is 550. The van der Waals surface area contributed by atoms with Gasteiger partial charge < -0.3 is 0 Å². The summed E-state index contributed by atoms with van der Waals surface area (Å²) in [6, 6.07) is 10.6. The number of fused-ring (bicyclic) bond motifs is 1. The lowest BCUT2D eigenvalue weighted by Crippen LogP contribution is -2.37. The second kappa shape index (κ2) is 6.13. The van der Waals surface area contributed by atoms with E-state index in [4.69, 9.17) is 5.84 Å². The smallest absolute Gasteiger partial charge is 0.0750 e. The maximum atomic E-state index is 5.83. The number of pyridine rings is 1. The summed E-state index contributed by atoms with van der Waals surface area (Å²) in [6.07, 6.45) is 1.85. The molecule has 3 rings (SSSR count). The average molecular weight is 291 g/mol. The quantitative estimate of drug-likeness (QED) is 0.672. The Morgan fingerprint density at radius 3 is 2.95 bits per heavy atom. The first-order valence-corrected chi connectivity index (χ1v) is 8.59. The van der Waals surface area contributed by atoms with E-state index in [1.807, 2.05) is 35.8 Å². The van der Waals surface area contributed by atoms with E-state index in [0.717, 1.165) is 11.3 Å². The van der Waals surface area contributed by atoms with E-state index in [0.29, 0.717) is 5.25 Å². The van der Waals surface area contributed by atoms with Gasteiger partial charge in [-0.2, -0.15) is 23.5 Å². The molecule has 3 nitrogen and oxygen atoms in total. The third-order valence-corrected chi connectivity index (χ3v) is 6.26. The van der Waals surface area contributed by atoms with Gasteiger partial charge in [0.05, 0.1) is 11.6 Å². The van der Waals surface area contributed by atoms with Crippen LogP contribution >= 0.6 is 23.5 Å². The highest BCUT2D eigenvalue weighted by Crippen LogP contribution is 2.35. The third kappa shape index (κ3) is 2.74. The Morgan fingerprint density at radius 2 is 2.16 bits per heavy atom. The van der Waals surface area contributed by atoms with Crippen molar-refractivity contribution in [2.24, 2.45) is 5.84 Å². The topological polar surface area (TPSA) is 50.9 Å². The van der Waals surface area contributed by atoms with E-state index in [1.54, 1.807) is 0 Å². The van der Waals surface area contributed by atoms with Crippen molar-refractivity contribution in [1.29, 1.82) is 0 Å². The van der Waals surface area contributed by atoms with Crippen LogP contribution in [0.3, 0.4) is 0 Å². The lowest BCUT2D eigenvalue weighted by molar-refractivity contribution is 0.555. The minimum Gasteiger partial charge on any atom is -0.271 e. The molecule has 0 spiro atoms. The number of hydrazine groups is 1. The minimum absolute atomic E-state index is 0.163. The number of benzene rings is 1. The molecular weight excluding hydrogens is 274 g/mol. The van der Waals surface area contributed by atoms with Crippen molar-refractivity contribution in [3.8, 4) is 0 Å². The molecule has 1 aliphatic heterocycles. The molecule has 0 amide bonds. The van der Waals surface area contributed by atoms with Crippen molar-refractivity contribution in [1.82, 2.24) is 10.4 Å². The van der Waals surface area contributed by atoms with Gasteiger partial charge in [-0.25, -0.2) is 0 Å². The van der Waals surface area contributed by atoms with Crippen LogP contribution in [0, 0.1) is 0 Å². The van der Waals surface area contributed by atoms with Crippen molar-refractivity contribution in [3.63, 3.8) is 0 Å². The Balaban J connectivity index is 2.00. The molecule has 2 unspecified atom stereocenters. The summed E-state index contributed by atoms with van der Waals surface area (Å²) >= 11 is 4.02. The molecule has 3 N–H and O–H groups in total. The molecule has 0 bridgehead atoms. The molecule has 1 saturated heterocycles. The summed E-state index contributed by atoms with van der Waals surface area (Å²) in [5.41, 5.74) is 5.27. The van der Waals surface area contributed by atoms with Crippen molar-refractivity contribution in [2.75, 3.05) is 17.3 Å². The molecule has 1 aromatic heterocycles. The van der Waals surface area contributed by atoms with E-state index >= 15 is 0 Å². The lowest BCUT2D eigenvalue weighted by Gasteiger charge is -2.29. The summed E-state index contributed by atoms with van der Waals surface area (Å²) in [5, 5.41) is 1.69. The monoisotopic (exact) mass is 291 g/mol. The highest BCUT2D eigenvalue weighted by Gasteiger charge is 2.26. The number of hydrogen-bond donors (Lipinski definition) is 2. The average Bonchev–Trinajstić information content (AvgIpc) is 2.49. The number of aromatic nitrogens is 1. The van der Waals surface area contributed by atoms with Gasteiger partial charge in [0.15, 0.2) is 0 Å². The van der Waals surface area contributed by atoms with Crippen LogP contribution in [0.1, 0.15) is 11.6 Å². The molecule has 0 saturated carbocycles. The second-order valence-electron chi connectivity index (χ2n) is 4.55. The molecule has 0 aliphatic carbocycles. The minimum atomic E-state index is 0.163. The number of hydrogen-bond acceptors (Lipinski definition) is 5. The molecule has 1 aromatic carbocycles. The van der Waals surface area contributed by atoms with Crippen LogP contribution in [0.4, 0.5) is 0 Å². The first-order chi connectivity index (χ1) is 9.40. The van der Waals surface area contributed by atoms with Gasteiger partial charge in [0.2, 0.25) is 0 Å². The van der Waals surface area contributed by atoms with Crippen molar-refractivity contribution >= 4 is 34.4 Å². The highest BCUT2D eigenvalue weighted by molar-refractivity contribution is 8.06. The van der Waals surface area contributed by atoms with Crippen LogP contribution in [0.15, 0.2) is 36.5 Å². The molecule has 1 aliphatic rings. The zero-order valence-corrected chi connectivity index (χ0v) is 12.2. The van der Waals surface area contributed by atoms with Crippen LogP contribution in [0.2, 0.25) is 0 Å². The Hall–Kier alpha value is -0.750. The first kappa shape index (κ1) is 13.2.